The Morgan fingerprint density at radius 2 is 2.07 bits per heavy atom. The van der Waals surface area contributed by atoms with Gasteiger partial charge in [-0.3, -0.25) is 4.79 Å². The highest BCUT2D eigenvalue weighted by Gasteiger charge is 2.16. The Morgan fingerprint density at radius 3 is 2.75 bits per heavy atom. The monoisotopic (exact) mass is 377 g/mol. The Hall–Kier alpha value is -3.24. The number of benzene rings is 1. The van der Waals surface area contributed by atoms with Gasteiger partial charge in [0, 0.05) is 17.8 Å². The van der Waals surface area contributed by atoms with Gasteiger partial charge in [0.1, 0.15) is 11.6 Å². The molecule has 1 atom stereocenters. The van der Waals surface area contributed by atoms with Crippen molar-refractivity contribution in [2.75, 3.05) is 6.61 Å². The molecule has 7 heteroatoms. The highest BCUT2D eigenvalue weighted by molar-refractivity contribution is 5.76. The lowest BCUT2D eigenvalue weighted by Crippen LogP contribution is -2.39. The number of fused-ring (bicyclic) bond motifs is 1. The molecule has 7 nitrogen and oxygen atoms in total. The van der Waals surface area contributed by atoms with E-state index in [9.17, 15) is 9.90 Å². The Bertz CT molecular complexity index is 1020. The van der Waals surface area contributed by atoms with E-state index in [1.807, 2.05) is 44.2 Å². The molecule has 0 aliphatic heterocycles. The van der Waals surface area contributed by atoms with Crippen LogP contribution in [0.2, 0.25) is 0 Å². The summed E-state index contributed by atoms with van der Waals surface area (Å²) in [5, 5.41) is 25.9. The molecule has 0 aliphatic carbocycles. The van der Waals surface area contributed by atoms with Crippen LogP contribution in [0.1, 0.15) is 34.5 Å². The summed E-state index contributed by atoms with van der Waals surface area (Å²) in [5.74, 6) is -0.118. The molecule has 1 amide bonds. The second kappa shape index (κ2) is 8.63. The Labute approximate surface area is 163 Å². The number of amides is 1. The van der Waals surface area contributed by atoms with Crippen LogP contribution < -0.4 is 5.32 Å². The van der Waals surface area contributed by atoms with Gasteiger partial charge in [-0.1, -0.05) is 30.3 Å². The normalized spacial score (nSPS) is 11.9. The molecule has 0 saturated carbocycles. The molecular formula is C21H23N5O2. The Balaban J connectivity index is 1.66. The minimum absolute atomic E-state index is 0.115. The maximum Gasteiger partial charge on any atom is 0.220 e. The lowest BCUT2D eigenvalue weighted by Gasteiger charge is -2.17. The molecule has 0 aliphatic rings. The molecule has 0 unspecified atom stereocenters. The lowest BCUT2D eigenvalue weighted by molar-refractivity contribution is -0.122. The van der Waals surface area contributed by atoms with Crippen molar-refractivity contribution in [1.29, 1.82) is 5.26 Å². The molecule has 0 fully saturated rings. The SMILES string of the molecule is Cc1nc2c(C#N)cnn2c(C)c1CCC(=O)N[C@@H](CO)Cc1ccccc1. The van der Waals surface area contributed by atoms with E-state index in [2.05, 4.69) is 21.5 Å². The summed E-state index contributed by atoms with van der Waals surface area (Å²) in [5.41, 5.74) is 4.64. The molecule has 3 rings (SSSR count). The lowest BCUT2D eigenvalue weighted by atomic mass is 10.0. The summed E-state index contributed by atoms with van der Waals surface area (Å²) in [6, 6.07) is 11.5. The van der Waals surface area contributed by atoms with Crippen molar-refractivity contribution < 1.29 is 9.90 Å². The highest BCUT2D eigenvalue weighted by Crippen LogP contribution is 2.18. The van der Waals surface area contributed by atoms with Crippen molar-refractivity contribution in [2.45, 2.75) is 39.2 Å². The van der Waals surface area contributed by atoms with Crippen LogP contribution >= 0.6 is 0 Å². The van der Waals surface area contributed by atoms with Crippen LogP contribution in [0.25, 0.3) is 5.65 Å². The summed E-state index contributed by atoms with van der Waals surface area (Å²) >= 11 is 0. The molecule has 28 heavy (non-hydrogen) atoms. The molecule has 0 radical (unpaired) electrons. The van der Waals surface area contributed by atoms with Crippen LogP contribution in [0, 0.1) is 25.2 Å². The summed E-state index contributed by atoms with van der Waals surface area (Å²) in [7, 11) is 0. The minimum Gasteiger partial charge on any atom is -0.394 e. The van der Waals surface area contributed by atoms with Crippen molar-refractivity contribution in [2.24, 2.45) is 0 Å². The second-order valence-corrected chi connectivity index (χ2v) is 6.80. The molecule has 144 valence electrons. The van der Waals surface area contributed by atoms with Gasteiger partial charge in [0.05, 0.1) is 18.8 Å². The van der Waals surface area contributed by atoms with Crippen molar-refractivity contribution >= 4 is 11.6 Å². The largest absolute Gasteiger partial charge is 0.394 e. The first-order valence-electron chi connectivity index (χ1n) is 9.21. The Kier molecular flexibility index (Phi) is 6.02. The van der Waals surface area contributed by atoms with Gasteiger partial charge in [-0.15, -0.1) is 0 Å². The van der Waals surface area contributed by atoms with Gasteiger partial charge >= 0.3 is 0 Å². The van der Waals surface area contributed by atoms with Crippen molar-refractivity contribution in [3.05, 3.63) is 64.6 Å². The van der Waals surface area contributed by atoms with Crippen molar-refractivity contribution in [3.8, 4) is 6.07 Å². The van der Waals surface area contributed by atoms with Gasteiger partial charge in [-0.25, -0.2) is 9.50 Å². The number of nitrogens with one attached hydrogen (secondary N) is 1. The first-order chi connectivity index (χ1) is 13.5. The van der Waals surface area contributed by atoms with Gasteiger partial charge < -0.3 is 10.4 Å². The average Bonchev–Trinajstić information content (AvgIpc) is 3.11. The number of aryl methyl sites for hydroxylation is 2. The average molecular weight is 377 g/mol. The number of hydrogen-bond donors (Lipinski definition) is 2. The number of nitrogens with zero attached hydrogens (tertiary/aromatic N) is 4. The number of aromatic nitrogens is 3. The van der Waals surface area contributed by atoms with Crippen molar-refractivity contribution in [3.63, 3.8) is 0 Å². The number of carbonyl (C=O) groups excluding carboxylic acids is 1. The van der Waals surface area contributed by atoms with E-state index in [1.165, 1.54) is 6.20 Å². The summed E-state index contributed by atoms with van der Waals surface area (Å²) in [4.78, 5) is 16.9. The first kappa shape index (κ1) is 19.5. The number of hydrogen-bond acceptors (Lipinski definition) is 5. The maximum atomic E-state index is 12.4. The summed E-state index contributed by atoms with van der Waals surface area (Å²) < 4.78 is 1.64. The molecule has 2 N–H and O–H groups in total. The van der Waals surface area contributed by atoms with E-state index in [4.69, 9.17) is 5.26 Å². The number of carbonyl (C=O) groups is 1. The topological polar surface area (TPSA) is 103 Å². The van der Waals surface area contributed by atoms with Gasteiger partial charge in [0.15, 0.2) is 5.65 Å². The minimum atomic E-state index is -0.318. The molecule has 0 saturated heterocycles. The molecule has 0 bridgehead atoms. The fourth-order valence-electron chi connectivity index (χ4n) is 3.35. The zero-order valence-electron chi connectivity index (χ0n) is 16.0. The van der Waals surface area contributed by atoms with Gasteiger partial charge in [-0.05, 0) is 37.8 Å². The number of rotatable bonds is 7. The molecule has 0 spiro atoms. The van der Waals surface area contributed by atoms with E-state index in [0.717, 1.165) is 22.5 Å². The molecule has 2 aromatic heterocycles. The zero-order chi connectivity index (χ0) is 20.1. The predicted octanol–water partition coefficient (Wildman–Crippen LogP) is 1.87. The van der Waals surface area contributed by atoms with Crippen LogP contribution in [-0.4, -0.2) is 38.3 Å². The fourth-order valence-corrected chi connectivity index (χ4v) is 3.35. The number of aliphatic hydroxyl groups excluding tert-OH is 1. The van der Waals surface area contributed by atoms with Gasteiger partial charge in [0.2, 0.25) is 5.91 Å². The van der Waals surface area contributed by atoms with E-state index in [1.54, 1.807) is 4.52 Å². The van der Waals surface area contributed by atoms with E-state index in [0.29, 0.717) is 24.1 Å². The van der Waals surface area contributed by atoms with E-state index in [-0.39, 0.29) is 25.0 Å². The molecule has 3 aromatic rings. The standard InChI is InChI=1S/C21H23N5O2/c1-14-19(15(2)26-21(24-14)17(11-22)12-23-26)8-9-20(28)25-18(13-27)10-16-6-4-3-5-7-16/h3-7,12,18,27H,8-10,13H2,1-2H3,(H,25,28)/t18-/m1/s1. The Morgan fingerprint density at radius 1 is 1.32 bits per heavy atom. The molecule has 1 aromatic carbocycles. The number of aliphatic hydroxyl groups is 1. The van der Waals surface area contributed by atoms with Crippen LogP contribution in [0.5, 0.6) is 0 Å². The third-order valence-corrected chi connectivity index (χ3v) is 4.84. The second-order valence-electron chi connectivity index (χ2n) is 6.80. The van der Waals surface area contributed by atoms with E-state index >= 15 is 0 Å². The van der Waals surface area contributed by atoms with Gasteiger partial charge in [-0.2, -0.15) is 10.4 Å². The molecular weight excluding hydrogens is 354 g/mol. The fraction of sp³-hybridized carbons (Fsp3) is 0.333. The predicted molar refractivity (Wildman–Crippen MR) is 105 cm³/mol. The summed E-state index contributed by atoms with van der Waals surface area (Å²) in [6.07, 6.45) is 2.88. The summed E-state index contributed by atoms with van der Waals surface area (Å²) in [6.45, 7) is 3.67. The van der Waals surface area contributed by atoms with Gasteiger partial charge in [0.25, 0.3) is 0 Å². The van der Waals surface area contributed by atoms with Crippen molar-refractivity contribution in [1.82, 2.24) is 19.9 Å². The third-order valence-electron chi connectivity index (χ3n) is 4.84. The van der Waals surface area contributed by atoms with Crippen LogP contribution in [-0.2, 0) is 17.6 Å². The highest BCUT2D eigenvalue weighted by atomic mass is 16.3. The first-order valence-corrected chi connectivity index (χ1v) is 9.21. The van der Waals surface area contributed by atoms with Crippen LogP contribution in [0.3, 0.4) is 0 Å². The third kappa shape index (κ3) is 4.18. The molecule has 2 heterocycles. The maximum absolute atomic E-state index is 12.4. The zero-order valence-corrected chi connectivity index (χ0v) is 16.0. The number of nitriles is 1. The van der Waals surface area contributed by atoms with E-state index < -0.39 is 0 Å². The smallest absolute Gasteiger partial charge is 0.220 e. The van der Waals surface area contributed by atoms with Crippen LogP contribution in [0.15, 0.2) is 36.5 Å². The quantitative estimate of drug-likeness (QED) is 0.654. The van der Waals surface area contributed by atoms with Crippen LogP contribution in [0.4, 0.5) is 0 Å².